The van der Waals surface area contributed by atoms with Gasteiger partial charge in [0, 0.05) is 48.1 Å². The van der Waals surface area contributed by atoms with Gasteiger partial charge in [-0.25, -0.2) is 18.4 Å². The number of rotatable bonds is 8. The molecule has 2 bridgehead atoms. The van der Waals surface area contributed by atoms with Crippen molar-refractivity contribution < 1.29 is 37.3 Å². The third kappa shape index (κ3) is 7.55. The smallest absolute Gasteiger partial charge is 0.412 e. The second-order valence-electron chi connectivity index (χ2n) is 18.8. The molecular formula is C43H50F2N8O6S. The van der Waals surface area contributed by atoms with E-state index in [0.717, 1.165) is 62.9 Å². The molecule has 0 spiro atoms. The number of pyridine rings is 1. The van der Waals surface area contributed by atoms with Crippen molar-refractivity contribution in [3.63, 3.8) is 0 Å². The van der Waals surface area contributed by atoms with E-state index < -0.39 is 28.9 Å². The number of carbonyl (C=O) groups is 2. The molecular weight excluding hydrogens is 795 g/mol. The molecule has 4 aromatic rings. The van der Waals surface area contributed by atoms with Crippen LogP contribution in [-0.2, 0) is 27.4 Å². The fourth-order valence-corrected chi connectivity index (χ4v) is 10.3. The van der Waals surface area contributed by atoms with Gasteiger partial charge in [-0.2, -0.15) is 15.2 Å². The summed E-state index contributed by atoms with van der Waals surface area (Å²) in [6, 6.07) is 1.87. The Morgan fingerprint density at radius 1 is 1.00 bits per heavy atom. The van der Waals surface area contributed by atoms with E-state index in [0.29, 0.717) is 42.0 Å². The summed E-state index contributed by atoms with van der Waals surface area (Å²) >= 11 is 0.847. The van der Waals surface area contributed by atoms with Gasteiger partial charge in [0.2, 0.25) is 0 Å². The Morgan fingerprint density at radius 2 is 1.68 bits per heavy atom. The lowest BCUT2D eigenvalue weighted by Crippen LogP contribution is -2.56. The van der Waals surface area contributed by atoms with Crippen molar-refractivity contribution in [2.24, 2.45) is 5.41 Å². The quantitative estimate of drug-likeness (QED) is 0.182. The van der Waals surface area contributed by atoms with Crippen molar-refractivity contribution >= 4 is 55.3 Å². The van der Waals surface area contributed by atoms with E-state index in [1.807, 2.05) is 20.8 Å². The first-order valence-electron chi connectivity index (χ1n) is 20.8. The summed E-state index contributed by atoms with van der Waals surface area (Å²) in [5.74, 6) is -0.958. The molecule has 4 aliphatic heterocycles. The maximum atomic E-state index is 17.9. The first-order valence-corrected chi connectivity index (χ1v) is 21.6. The average Bonchev–Trinajstić information content (AvgIpc) is 3.57. The van der Waals surface area contributed by atoms with Gasteiger partial charge in [-0.05, 0) is 104 Å². The summed E-state index contributed by atoms with van der Waals surface area (Å²) in [5, 5.41) is 13.6. The number of benzene rings is 1. The summed E-state index contributed by atoms with van der Waals surface area (Å²) < 4.78 is 57.2. The molecule has 9 rings (SSSR count). The van der Waals surface area contributed by atoms with E-state index in [1.165, 1.54) is 12.8 Å². The van der Waals surface area contributed by atoms with Crippen LogP contribution in [0.3, 0.4) is 0 Å². The van der Waals surface area contributed by atoms with Crippen LogP contribution >= 0.6 is 11.3 Å². The predicted octanol–water partition coefficient (Wildman–Crippen LogP) is 8.28. The molecule has 2 unspecified atom stereocenters. The number of aromatic nitrogens is 3. The van der Waals surface area contributed by atoms with Crippen LogP contribution in [0.5, 0.6) is 6.01 Å². The van der Waals surface area contributed by atoms with Crippen LogP contribution in [0.1, 0.15) is 96.8 Å². The topological polar surface area (TPSA) is 155 Å². The summed E-state index contributed by atoms with van der Waals surface area (Å²) in [6.45, 7) is 15.0. The molecule has 3 saturated heterocycles. The number of likely N-dealkylation sites (tertiary alicyclic amines) is 2. The molecule has 1 aliphatic carbocycles. The molecule has 1 N–H and O–H groups in total. The van der Waals surface area contributed by atoms with E-state index in [1.54, 1.807) is 25.7 Å². The number of halogens is 2. The number of nitrogens with zero attached hydrogens (tertiary/aromatic N) is 7. The highest BCUT2D eigenvalue weighted by Crippen LogP contribution is 2.50. The molecule has 14 nitrogen and oxygen atoms in total. The zero-order chi connectivity index (χ0) is 42.3. The molecule has 1 saturated carbocycles. The molecule has 3 aromatic heterocycles. The van der Waals surface area contributed by atoms with Crippen LogP contribution < -0.4 is 15.0 Å². The lowest BCUT2D eigenvalue weighted by atomic mass is 9.93. The van der Waals surface area contributed by atoms with Crippen molar-refractivity contribution in [1.29, 1.82) is 5.26 Å². The molecule has 0 radical (unpaired) electrons. The molecule has 2 atom stereocenters. The van der Waals surface area contributed by atoms with Crippen LogP contribution in [0.2, 0.25) is 0 Å². The minimum Gasteiger partial charge on any atom is -0.463 e. The van der Waals surface area contributed by atoms with Gasteiger partial charge in [0.15, 0.2) is 11.6 Å². The Morgan fingerprint density at radius 3 is 2.33 bits per heavy atom. The fourth-order valence-electron chi connectivity index (χ4n) is 9.22. The molecule has 2 amide bonds. The summed E-state index contributed by atoms with van der Waals surface area (Å²) in [6.07, 6.45) is 5.78. The second kappa shape index (κ2) is 14.9. The number of thiophene rings is 1. The molecule has 4 fully saturated rings. The fraction of sp³-hybridized carbons (Fsp3) is 0.581. The van der Waals surface area contributed by atoms with Gasteiger partial charge in [0.25, 0.3) is 0 Å². The lowest BCUT2D eigenvalue weighted by Gasteiger charge is -2.42. The Hall–Kier alpha value is -4.92. The molecule has 60 heavy (non-hydrogen) atoms. The summed E-state index contributed by atoms with van der Waals surface area (Å²) in [7, 11) is 0. The van der Waals surface area contributed by atoms with Crippen molar-refractivity contribution in [2.75, 3.05) is 49.5 Å². The number of anilines is 2. The van der Waals surface area contributed by atoms with Gasteiger partial charge in [-0.15, -0.1) is 11.3 Å². The highest BCUT2D eigenvalue weighted by Gasteiger charge is 2.47. The van der Waals surface area contributed by atoms with E-state index in [9.17, 15) is 14.9 Å². The van der Waals surface area contributed by atoms with Gasteiger partial charge in [-0.1, -0.05) is 0 Å². The Balaban J connectivity index is 1.18. The molecule has 17 heteroatoms. The number of nitrogens with one attached hydrogen (secondary N) is 1. The first-order chi connectivity index (χ1) is 28.5. The predicted molar refractivity (Wildman–Crippen MR) is 221 cm³/mol. The maximum absolute atomic E-state index is 17.9. The summed E-state index contributed by atoms with van der Waals surface area (Å²) in [4.78, 5) is 46.9. The Bertz CT molecular complexity index is 2430. The van der Waals surface area contributed by atoms with Crippen LogP contribution in [0.15, 0.2) is 6.20 Å². The number of ether oxygens (including phenoxy) is 4. The molecule has 318 valence electrons. The van der Waals surface area contributed by atoms with Gasteiger partial charge >= 0.3 is 18.2 Å². The Labute approximate surface area is 351 Å². The van der Waals surface area contributed by atoms with Crippen molar-refractivity contribution in [3.8, 4) is 23.3 Å². The van der Waals surface area contributed by atoms with Crippen LogP contribution in [-0.4, -0.2) is 99.6 Å². The SMILES string of the molecule is CC(C)(C)OC(=O)Nc1sc2c(F)cnc(-c3c4c(c5c(N6C7CCC6CN(C(=O)OC(C)(C)C)C7)nc(OCC6(CN7CCCC7)CC6)nc5c3F)COC4)c2c1C#N. The zero-order valence-corrected chi connectivity index (χ0v) is 35.7. The van der Waals surface area contributed by atoms with E-state index >= 15 is 8.78 Å². The minimum absolute atomic E-state index is 0.00673. The van der Waals surface area contributed by atoms with Crippen LogP contribution in [0.4, 0.5) is 29.2 Å². The maximum Gasteiger partial charge on any atom is 0.412 e. The van der Waals surface area contributed by atoms with E-state index in [2.05, 4.69) is 26.2 Å². The lowest BCUT2D eigenvalue weighted by molar-refractivity contribution is 0.0209. The standard InChI is InChI=1S/C43H50F2N8O6S/c1-41(2,3)58-39(54)50-37-25(15-46)30-33(47-16-28(44)35(30)60-37)29-26-19-56-20-27(26)31-34(32(29)45)48-38(57-22-43(11-12-43)21-51-13-7-8-14-51)49-36(31)53-23-9-10-24(53)18-52(17-23)40(55)59-42(4,5)6/h16,23-24H,7-14,17-22H2,1-6H3,(H,50,54). The van der Waals surface area contributed by atoms with Gasteiger partial charge in [0.1, 0.15) is 33.6 Å². The second-order valence-corrected chi connectivity index (χ2v) is 19.9. The first kappa shape index (κ1) is 40.5. The molecule has 7 heterocycles. The number of hydrogen-bond acceptors (Lipinski definition) is 13. The van der Waals surface area contributed by atoms with Crippen molar-refractivity contribution in [1.82, 2.24) is 24.8 Å². The van der Waals surface area contributed by atoms with E-state index in [-0.39, 0.29) is 80.2 Å². The Kier molecular flexibility index (Phi) is 10.1. The third-order valence-electron chi connectivity index (χ3n) is 12.0. The molecule has 1 aromatic carbocycles. The number of fused-ring (bicyclic) bond motifs is 6. The third-order valence-corrected chi connectivity index (χ3v) is 13.1. The number of carbonyl (C=O) groups excluding carboxylic acids is 2. The number of amides is 2. The number of hydrogen-bond donors (Lipinski definition) is 1. The molecule has 5 aliphatic rings. The van der Waals surface area contributed by atoms with Gasteiger partial charge in [0.05, 0.1) is 47.4 Å². The van der Waals surface area contributed by atoms with Crippen LogP contribution in [0.25, 0.3) is 32.2 Å². The summed E-state index contributed by atoms with van der Waals surface area (Å²) in [5.41, 5.74) is -0.401. The van der Waals surface area contributed by atoms with Crippen molar-refractivity contribution in [3.05, 3.63) is 34.5 Å². The monoisotopic (exact) mass is 844 g/mol. The number of piperazine rings is 1. The van der Waals surface area contributed by atoms with Gasteiger partial charge < -0.3 is 33.6 Å². The van der Waals surface area contributed by atoms with Crippen molar-refractivity contribution in [2.45, 2.75) is 117 Å². The van der Waals surface area contributed by atoms with Crippen LogP contribution in [0, 0.1) is 28.4 Å². The van der Waals surface area contributed by atoms with E-state index in [4.69, 9.17) is 28.9 Å². The minimum atomic E-state index is -0.831. The highest BCUT2D eigenvalue weighted by molar-refractivity contribution is 7.23. The zero-order valence-electron chi connectivity index (χ0n) is 34.9. The average molecular weight is 845 g/mol. The normalized spacial score (nSPS) is 21.1. The number of nitriles is 1. The van der Waals surface area contributed by atoms with Gasteiger partial charge in [-0.3, -0.25) is 10.3 Å². The largest absolute Gasteiger partial charge is 0.463 e. The highest BCUT2D eigenvalue weighted by atomic mass is 32.1.